The predicted octanol–water partition coefficient (Wildman–Crippen LogP) is 6.22. The van der Waals surface area contributed by atoms with Crippen LogP contribution in [0.1, 0.15) is 39.2 Å². The van der Waals surface area contributed by atoms with E-state index in [2.05, 4.69) is 15.4 Å². The zero-order valence-electron chi connectivity index (χ0n) is 20.6. The van der Waals surface area contributed by atoms with Crippen molar-refractivity contribution in [1.29, 1.82) is 0 Å². The zero-order valence-corrected chi connectivity index (χ0v) is 22.2. The lowest BCUT2D eigenvalue weighted by atomic mass is 10.1. The van der Waals surface area contributed by atoms with Gasteiger partial charge in [-0.25, -0.2) is 4.39 Å². The summed E-state index contributed by atoms with van der Waals surface area (Å²) in [6, 6.07) is 9.62. The van der Waals surface area contributed by atoms with E-state index in [9.17, 15) is 13.4 Å². The molecule has 5 rings (SSSR count). The molecule has 1 aliphatic rings. The van der Waals surface area contributed by atoms with Crippen LogP contribution < -0.4 is 10.1 Å². The van der Waals surface area contributed by atoms with Gasteiger partial charge in [-0.1, -0.05) is 11.6 Å². The van der Waals surface area contributed by atoms with Gasteiger partial charge in [-0.3, -0.25) is 18.7 Å². The number of amides is 1. The molecule has 1 amide bonds. The quantitative estimate of drug-likeness (QED) is 0.300. The molecule has 192 valence electrons. The molecule has 1 aliphatic carbocycles. The molecular weight excluding hydrogens is 515 g/mol. The topological polar surface area (TPSA) is 86.1 Å². The summed E-state index contributed by atoms with van der Waals surface area (Å²) in [6.45, 7) is 5.99. The van der Waals surface area contributed by atoms with E-state index in [-0.39, 0.29) is 33.5 Å². The van der Waals surface area contributed by atoms with E-state index in [4.69, 9.17) is 16.3 Å². The van der Waals surface area contributed by atoms with Crippen molar-refractivity contribution in [3.05, 3.63) is 71.4 Å². The van der Waals surface area contributed by atoms with E-state index in [1.54, 1.807) is 41.5 Å². The molecule has 10 heteroatoms. The van der Waals surface area contributed by atoms with E-state index in [0.717, 1.165) is 12.8 Å². The Bertz CT molecular complexity index is 1530. The number of nitrogens with zero attached hydrogens (tertiary/aromatic N) is 3. The molecule has 1 saturated carbocycles. The Morgan fingerprint density at radius 2 is 2.00 bits per heavy atom. The molecule has 1 fully saturated rings. The normalized spacial score (nSPS) is 14.5. The third-order valence-electron chi connectivity index (χ3n) is 5.96. The largest absolute Gasteiger partial charge is 0.455 e. The van der Waals surface area contributed by atoms with Gasteiger partial charge in [0.05, 0.1) is 45.2 Å². The van der Waals surface area contributed by atoms with Crippen molar-refractivity contribution in [2.45, 2.75) is 55.7 Å². The average Bonchev–Trinajstić information content (AvgIpc) is 3.59. The van der Waals surface area contributed by atoms with Crippen molar-refractivity contribution >= 4 is 44.9 Å². The molecule has 1 unspecified atom stereocenters. The van der Waals surface area contributed by atoms with Crippen molar-refractivity contribution in [3.8, 4) is 11.5 Å². The maximum atomic E-state index is 15.0. The summed E-state index contributed by atoms with van der Waals surface area (Å²) in [7, 11) is -1.08. The van der Waals surface area contributed by atoms with Crippen LogP contribution >= 0.6 is 11.6 Å². The molecule has 0 aliphatic heterocycles. The summed E-state index contributed by atoms with van der Waals surface area (Å²) < 4.78 is 35.4. The van der Waals surface area contributed by atoms with Crippen LogP contribution in [0.15, 0.2) is 59.9 Å². The molecule has 7 nitrogen and oxygen atoms in total. The van der Waals surface area contributed by atoms with E-state index in [1.807, 2.05) is 26.8 Å². The number of pyridine rings is 1. The standard InChI is InChI=1S/C27H26ClFN4O3S/c1-27(2,3)33-15-17(14-31-33)32-26(34)11-16-10-21(28)25(13-22(16)29)36-24-8-9-30-23-7-6-19(12-20(23)24)37(35)18-4-5-18/h6-10,12-15,18H,4-5,11H2,1-3H3,(H,32,34). The van der Waals surface area contributed by atoms with E-state index in [0.29, 0.717) is 27.2 Å². The lowest BCUT2D eigenvalue weighted by Gasteiger charge is -2.18. The SMILES string of the molecule is CC(C)(C)n1cc(NC(=O)Cc2cc(Cl)c(Oc3ccnc4ccc(S(=O)C5CC5)cc34)cc2F)cn1. The van der Waals surface area contributed by atoms with Gasteiger partial charge in [0.2, 0.25) is 5.91 Å². The Hall–Kier alpha value is -3.30. The molecule has 37 heavy (non-hydrogen) atoms. The summed E-state index contributed by atoms with van der Waals surface area (Å²) in [4.78, 5) is 17.6. The Labute approximate surface area is 221 Å². The lowest BCUT2D eigenvalue weighted by Crippen LogP contribution is -2.22. The van der Waals surface area contributed by atoms with Crippen molar-refractivity contribution in [2.24, 2.45) is 0 Å². The third-order valence-corrected chi connectivity index (χ3v) is 8.05. The molecular formula is C27H26ClFN4O3S. The van der Waals surface area contributed by atoms with Gasteiger partial charge in [0.25, 0.3) is 0 Å². The maximum Gasteiger partial charge on any atom is 0.228 e. The number of benzene rings is 2. The molecule has 0 saturated heterocycles. The smallest absolute Gasteiger partial charge is 0.228 e. The van der Waals surface area contributed by atoms with Crippen LogP contribution in [0.5, 0.6) is 11.5 Å². The van der Waals surface area contributed by atoms with Gasteiger partial charge in [-0.15, -0.1) is 0 Å². The number of nitrogens with one attached hydrogen (secondary N) is 1. The molecule has 4 aromatic rings. The molecule has 1 atom stereocenters. The number of rotatable bonds is 7. The van der Waals surface area contributed by atoms with Crippen LogP contribution in [-0.4, -0.2) is 30.1 Å². The minimum absolute atomic E-state index is 0.107. The summed E-state index contributed by atoms with van der Waals surface area (Å²) in [5.41, 5.74) is 1.10. The second kappa shape index (κ2) is 9.87. The predicted molar refractivity (Wildman–Crippen MR) is 142 cm³/mol. The number of halogens is 2. The molecule has 2 heterocycles. The summed E-state index contributed by atoms with van der Waals surface area (Å²) in [5, 5.41) is 8.00. The number of aromatic nitrogens is 3. The zero-order chi connectivity index (χ0) is 26.3. The number of hydrogen-bond donors (Lipinski definition) is 1. The van der Waals surface area contributed by atoms with Crippen LogP contribution in [0.4, 0.5) is 10.1 Å². The van der Waals surface area contributed by atoms with Gasteiger partial charge >= 0.3 is 0 Å². The lowest BCUT2D eigenvalue weighted by molar-refractivity contribution is -0.115. The van der Waals surface area contributed by atoms with E-state index < -0.39 is 22.5 Å². The summed E-state index contributed by atoms with van der Waals surface area (Å²) in [5.74, 6) is -0.486. The van der Waals surface area contributed by atoms with E-state index in [1.165, 1.54) is 12.1 Å². The van der Waals surface area contributed by atoms with Crippen LogP contribution in [0.2, 0.25) is 5.02 Å². The Balaban J connectivity index is 1.34. The minimum Gasteiger partial charge on any atom is -0.455 e. The second-order valence-corrected chi connectivity index (χ2v) is 12.2. The number of ether oxygens (including phenoxy) is 1. The number of carbonyl (C=O) groups excluding carboxylic acids is 1. The van der Waals surface area contributed by atoms with Crippen LogP contribution in [0.3, 0.4) is 0 Å². The highest BCUT2D eigenvalue weighted by Crippen LogP contribution is 2.37. The molecule has 1 N–H and O–H groups in total. The Morgan fingerprint density at radius 3 is 2.70 bits per heavy atom. The van der Waals surface area contributed by atoms with Gasteiger partial charge in [0.15, 0.2) is 0 Å². The first-order chi connectivity index (χ1) is 17.6. The van der Waals surface area contributed by atoms with Crippen LogP contribution in [-0.2, 0) is 27.6 Å². The number of fused-ring (bicyclic) bond motifs is 1. The number of anilines is 1. The van der Waals surface area contributed by atoms with Crippen molar-refractivity contribution in [2.75, 3.05) is 5.32 Å². The fourth-order valence-corrected chi connectivity index (χ4v) is 5.43. The van der Waals surface area contributed by atoms with Crippen molar-refractivity contribution in [3.63, 3.8) is 0 Å². The maximum absolute atomic E-state index is 15.0. The average molecular weight is 541 g/mol. The molecule has 2 aromatic heterocycles. The van der Waals surface area contributed by atoms with Gasteiger partial charge in [0, 0.05) is 34.0 Å². The van der Waals surface area contributed by atoms with Crippen LogP contribution in [0.25, 0.3) is 10.9 Å². The highest BCUT2D eigenvalue weighted by atomic mass is 35.5. The highest BCUT2D eigenvalue weighted by Gasteiger charge is 2.29. The fraction of sp³-hybridized carbons (Fsp3) is 0.296. The molecule has 2 aromatic carbocycles. The Kier molecular flexibility index (Phi) is 6.76. The van der Waals surface area contributed by atoms with Gasteiger partial charge in [0.1, 0.15) is 17.3 Å². The minimum atomic E-state index is -1.08. The molecule has 0 radical (unpaired) electrons. The molecule has 0 bridgehead atoms. The first-order valence-electron chi connectivity index (χ1n) is 11.9. The number of hydrogen-bond acceptors (Lipinski definition) is 5. The summed E-state index contributed by atoms with van der Waals surface area (Å²) in [6.07, 6.45) is 6.57. The van der Waals surface area contributed by atoms with Crippen molar-refractivity contribution in [1.82, 2.24) is 14.8 Å². The number of carbonyl (C=O) groups is 1. The second-order valence-electron chi connectivity index (χ2n) is 10.0. The van der Waals surface area contributed by atoms with Crippen molar-refractivity contribution < 1.29 is 18.1 Å². The first-order valence-corrected chi connectivity index (χ1v) is 13.5. The van der Waals surface area contributed by atoms with Crippen LogP contribution in [0, 0.1) is 5.82 Å². The van der Waals surface area contributed by atoms with Gasteiger partial charge < -0.3 is 10.1 Å². The third kappa shape index (κ3) is 5.67. The Morgan fingerprint density at radius 1 is 1.22 bits per heavy atom. The first kappa shape index (κ1) is 25.4. The fourth-order valence-electron chi connectivity index (χ4n) is 3.82. The summed E-state index contributed by atoms with van der Waals surface area (Å²) >= 11 is 6.43. The highest BCUT2D eigenvalue weighted by molar-refractivity contribution is 7.86. The molecule has 0 spiro atoms. The van der Waals surface area contributed by atoms with Gasteiger partial charge in [-0.2, -0.15) is 5.10 Å². The van der Waals surface area contributed by atoms with Gasteiger partial charge in [-0.05, 0) is 69.5 Å². The monoisotopic (exact) mass is 540 g/mol. The van der Waals surface area contributed by atoms with E-state index >= 15 is 0 Å².